The van der Waals surface area contributed by atoms with Crippen LogP contribution in [0.1, 0.15) is 35.3 Å². The van der Waals surface area contributed by atoms with Crippen LogP contribution < -0.4 is 15.4 Å². The Morgan fingerprint density at radius 3 is 2.60 bits per heavy atom. The topological polar surface area (TPSA) is 105 Å². The van der Waals surface area contributed by atoms with Crippen LogP contribution in [0.5, 0.6) is 5.75 Å². The van der Waals surface area contributed by atoms with Crippen LogP contribution in [-0.4, -0.2) is 51.3 Å². The number of amides is 2. The first-order valence-electron chi connectivity index (χ1n) is 9.67. The molecule has 1 atom stereocenters. The maximum atomic E-state index is 12.9. The summed E-state index contributed by atoms with van der Waals surface area (Å²) in [5.41, 5.74) is 1.17. The van der Waals surface area contributed by atoms with Crippen molar-refractivity contribution in [2.24, 2.45) is 0 Å². The van der Waals surface area contributed by atoms with Crippen molar-refractivity contribution < 1.29 is 22.7 Å². The molecule has 0 aromatic heterocycles. The average Bonchev–Trinajstić information content (AvgIpc) is 2.77. The van der Waals surface area contributed by atoms with E-state index in [-0.39, 0.29) is 47.9 Å². The molecule has 0 bridgehead atoms. The summed E-state index contributed by atoms with van der Waals surface area (Å²) in [5, 5.41) is 5.55. The Balaban J connectivity index is 1.78. The summed E-state index contributed by atoms with van der Waals surface area (Å²) in [6.45, 7) is 2.18. The van der Waals surface area contributed by atoms with Gasteiger partial charge in [0, 0.05) is 18.7 Å². The van der Waals surface area contributed by atoms with Crippen LogP contribution in [0.25, 0.3) is 0 Å². The molecule has 2 aromatic rings. The predicted molar refractivity (Wildman–Crippen MR) is 112 cm³/mol. The van der Waals surface area contributed by atoms with E-state index in [2.05, 4.69) is 10.6 Å². The lowest BCUT2D eigenvalue weighted by Crippen LogP contribution is -2.49. The summed E-state index contributed by atoms with van der Waals surface area (Å²) in [6, 6.07) is 13.1. The molecule has 2 N–H and O–H groups in total. The third kappa shape index (κ3) is 4.80. The van der Waals surface area contributed by atoms with Crippen molar-refractivity contribution in [3.63, 3.8) is 0 Å². The van der Waals surface area contributed by atoms with Crippen LogP contribution in [0.4, 0.5) is 0 Å². The Morgan fingerprint density at radius 2 is 1.97 bits per heavy atom. The fourth-order valence-electron chi connectivity index (χ4n) is 3.27. The predicted octanol–water partition coefficient (Wildman–Crippen LogP) is 1.70. The van der Waals surface area contributed by atoms with Gasteiger partial charge in [-0.1, -0.05) is 25.1 Å². The van der Waals surface area contributed by atoms with Crippen LogP contribution in [0.15, 0.2) is 53.4 Å². The van der Waals surface area contributed by atoms with Crippen LogP contribution in [0.3, 0.4) is 0 Å². The molecule has 160 valence electrons. The lowest BCUT2D eigenvalue weighted by Gasteiger charge is -2.26. The van der Waals surface area contributed by atoms with Gasteiger partial charge in [-0.05, 0) is 42.3 Å². The second kappa shape index (κ2) is 9.27. The van der Waals surface area contributed by atoms with E-state index in [1.807, 2.05) is 31.2 Å². The lowest BCUT2D eigenvalue weighted by atomic mass is 10.0. The highest BCUT2D eigenvalue weighted by atomic mass is 32.2. The van der Waals surface area contributed by atoms with Gasteiger partial charge in [0.2, 0.25) is 15.9 Å². The van der Waals surface area contributed by atoms with E-state index in [0.717, 1.165) is 15.6 Å². The Morgan fingerprint density at radius 1 is 1.23 bits per heavy atom. The lowest BCUT2D eigenvalue weighted by molar-refractivity contribution is -0.122. The van der Waals surface area contributed by atoms with Crippen molar-refractivity contribution in [1.82, 2.24) is 14.9 Å². The molecule has 1 heterocycles. The molecule has 1 saturated heterocycles. The molecule has 0 aliphatic carbocycles. The number of hydrogen-bond donors (Lipinski definition) is 2. The molecule has 2 amide bonds. The largest absolute Gasteiger partial charge is 0.497 e. The fourth-order valence-corrected chi connectivity index (χ4v) is 4.71. The molecule has 1 aliphatic heterocycles. The van der Waals surface area contributed by atoms with Gasteiger partial charge in [0.15, 0.2) is 0 Å². The fraction of sp³-hybridized carbons (Fsp3) is 0.333. The number of carbonyl (C=O) groups is 2. The third-order valence-corrected chi connectivity index (χ3v) is 6.81. The summed E-state index contributed by atoms with van der Waals surface area (Å²) < 4.78 is 32.0. The van der Waals surface area contributed by atoms with E-state index < -0.39 is 10.0 Å². The SMILES string of the molecule is CCC(NC(=O)c1cccc(S(=O)(=O)N2CCNC(=O)C2)c1)c1ccc(OC)cc1. The Labute approximate surface area is 176 Å². The summed E-state index contributed by atoms with van der Waals surface area (Å²) >= 11 is 0. The molecular formula is C21H25N3O5S. The zero-order chi connectivity index (χ0) is 21.7. The second-order valence-electron chi connectivity index (χ2n) is 6.92. The molecule has 1 unspecified atom stereocenters. The van der Waals surface area contributed by atoms with E-state index in [9.17, 15) is 18.0 Å². The number of rotatable bonds is 7. The summed E-state index contributed by atoms with van der Waals surface area (Å²) in [6.07, 6.45) is 0.666. The quantitative estimate of drug-likeness (QED) is 0.694. The van der Waals surface area contributed by atoms with Crippen molar-refractivity contribution in [1.29, 1.82) is 0 Å². The van der Waals surface area contributed by atoms with Crippen LogP contribution in [0, 0.1) is 0 Å². The first-order chi connectivity index (χ1) is 14.3. The molecule has 2 aromatic carbocycles. The second-order valence-corrected chi connectivity index (χ2v) is 8.86. The number of methoxy groups -OCH3 is 1. The number of hydrogen-bond acceptors (Lipinski definition) is 5. The number of nitrogens with zero attached hydrogens (tertiary/aromatic N) is 1. The smallest absolute Gasteiger partial charge is 0.251 e. The van der Waals surface area contributed by atoms with Gasteiger partial charge < -0.3 is 15.4 Å². The number of carbonyl (C=O) groups excluding carboxylic acids is 2. The zero-order valence-electron chi connectivity index (χ0n) is 16.9. The molecular weight excluding hydrogens is 406 g/mol. The van der Waals surface area contributed by atoms with Gasteiger partial charge in [-0.25, -0.2) is 8.42 Å². The van der Waals surface area contributed by atoms with Crippen LogP contribution in [-0.2, 0) is 14.8 Å². The Bertz CT molecular complexity index is 1020. The minimum atomic E-state index is -3.87. The highest BCUT2D eigenvalue weighted by molar-refractivity contribution is 7.89. The molecule has 0 saturated carbocycles. The average molecular weight is 432 g/mol. The van der Waals surface area contributed by atoms with E-state index in [4.69, 9.17) is 4.74 Å². The van der Waals surface area contributed by atoms with Gasteiger partial charge in [0.05, 0.1) is 24.6 Å². The van der Waals surface area contributed by atoms with Crippen molar-refractivity contribution in [3.8, 4) is 5.75 Å². The van der Waals surface area contributed by atoms with Crippen molar-refractivity contribution in [2.75, 3.05) is 26.7 Å². The van der Waals surface area contributed by atoms with Crippen molar-refractivity contribution in [3.05, 3.63) is 59.7 Å². The standard InChI is InChI=1S/C21H25N3O5S/c1-3-19(15-7-9-17(29-2)10-8-15)23-21(26)16-5-4-6-18(13-16)30(27,28)24-12-11-22-20(25)14-24/h4-10,13,19H,3,11-12,14H2,1-2H3,(H,22,25)(H,23,26). The number of benzene rings is 2. The van der Waals surface area contributed by atoms with Crippen molar-refractivity contribution >= 4 is 21.8 Å². The van der Waals surface area contributed by atoms with Gasteiger partial charge in [-0.3, -0.25) is 9.59 Å². The van der Waals surface area contributed by atoms with Gasteiger partial charge in [-0.15, -0.1) is 0 Å². The van der Waals surface area contributed by atoms with E-state index in [0.29, 0.717) is 6.42 Å². The third-order valence-electron chi connectivity index (χ3n) is 4.97. The molecule has 3 rings (SSSR count). The molecule has 30 heavy (non-hydrogen) atoms. The molecule has 8 nitrogen and oxygen atoms in total. The summed E-state index contributed by atoms with van der Waals surface area (Å²) in [5.74, 6) is 0.0133. The molecule has 0 spiro atoms. The van der Waals surface area contributed by atoms with Gasteiger partial charge in [-0.2, -0.15) is 4.31 Å². The summed E-state index contributed by atoms with van der Waals surface area (Å²) in [7, 11) is -2.28. The summed E-state index contributed by atoms with van der Waals surface area (Å²) in [4.78, 5) is 24.4. The number of nitrogens with one attached hydrogen (secondary N) is 2. The van der Waals surface area contributed by atoms with E-state index in [1.165, 1.54) is 18.2 Å². The first-order valence-corrected chi connectivity index (χ1v) is 11.1. The maximum Gasteiger partial charge on any atom is 0.251 e. The highest BCUT2D eigenvalue weighted by Gasteiger charge is 2.29. The molecule has 1 fully saturated rings. The van der Waals surface area contributed by atoms with E-state index >= 15 is 0 Å². The minimum Gasteiger partial charge on any atom is -0.497 e. The number of ether oxygens (including phenoxy) is 1. The maximum absolute atomic E-state index is 12.9. The minimum absolute atomic E-state index is 0.0117. The van der Waals surface area contributed by atoms with Crippen molar-refractivity contribution in [2.45, 2.75) is 24.3 Å². The Hall–Kier alpha value is -2.91. The highest BCUT2D eigenvalue weighted by Crippen LogP contribution is 2.22. The van der Waals surface area contributed by atoms with Crippen LogP contribution in [0.2, 0.25) is 0 Å². The first kappa shape index (κ1) is 21.8. The van der Waals surface area contributed by atoms with Crippen LogP contribution >= 0.6 is 0 Å². The number of piperazine rings is 1. The van der Waals surface area contributed by atoms with Gasteiger partial charge >= 0.3 is 0 Å². The molecule has 1 aliphatic rings. The molecule has 0 radical (unpaired) electrons. The normalized spacial score (nSPS) is 15.9. The van der Waals surface area contributed by atoms with E-state index in [1.54, 1.807) is 13.2 Å². The zero-order valence-corrected chi connectivity index (χ0v) is 17.7. The monoisotopic (exact) mass is 431 g/mol. The van der Waals surface area contributed by atoms with Gasteiger partial charge in [0.25, 0.3) is 5.91 Å². The number of sulfonamides is 1. The van der Waals surface area contributed by atoms with Gasteiger partial charge in [0.1, 0.15) is 5.75 Å². The molecule has 9 heteroatoms. The Kier molecular flexibility index (Phi) is 6.73.